The van der Waals surface area contributed by atoms with Crippen molar-refractivity contribution in [2.24, 2.45) is 0 Å². The molecule has 134 valence electrons. The van der Waals surface area contributed by atoms with Crippen LogP contribution in [0.3, 0.4) is 0 Å². The summed E-state index contributed by atoms with van der Waals surface area (Å²) in [5, 5.41) is 2.79. The fourth-order valence-electron chi connectivity index (χ4n) is 3.56. The Labute approximate surface area is 150 Å². The fourth-order valence-corrected chi connectivity index (χ4v) is 3.56. The zero-order chi connectivity index (χ0) is 18.1. The molecule has 26 heavy (non-hydrogen) atoms. The molecule has 0 unspecified atom stereocenters. The molecule has 0 bridgehead atoms. The van der Waals surface area contributed by atoms with Gasteiger partial charge in [-0.1, -0.05) is 12.1 Å². The van der Waals surface area contributed by atoms with Crippen molar-refractivity contribution >= 4 is 23.3 Å². The van der Waals surface area contributed by atoms with Crippen molar-refractivity contribution in [2.75, 3.05) is 22.9 Å². The number of benzene rings is 1. The van der Waals surface area contributed by atoms with Crippen LogP contribution in [-0.4, -0.2) is 35.9 Å². The Morgan fingerprint density at radius 1 is 1.27 bits per heavy atom. The topological polar surface area (TPSA) is 65.5 Å². The van der Waals surface area contributed by atoms with Crippen molar-refractivity contribution in [2.45, 2.75) is 25.4 Å². The number of fused-ring (bicyclic) bond motifs is 3. The van der Waals surface area contributed by atoms with Crippen molar-refractivity contribution in [1.82, 2.24) is 10.3 Å². The molecule has 0 saturated carbocycles. The lowest BCUT2D eigenvalue weighted by Crippen LogP contribution is -2.53. The first-order valence-corrected chi connectivity index (χ1v) is 8.67. The van der Waals surface area contributed by atoms with Crippen molar-refractivity contribution in [1.29, 1.82) is 0 Å². The quantitative estimate of drug-likeness (QED) is 0.910. The molecule has 4 rings (SSSR count). The molecule has 1 saturated heterocycles. The second-order valence-corrected chi connectivity index (χ2v) is 6.53. The molecular formula is C19H19FN4O2. The van der Waals surface area contributed by atoms with Crippen LogP contribution in [0, 0.1) is 5.82 Å². The van der Waals surface area contributed by atoms with Crippen LogP contribution in [0.2, 0.25) is 0 Å². The highest BCUT2D eigenvalue weighted by Gasteiger charge is 2.41. The molecule has 2 aliphatic rings. The number of pyridine rings is 1. The number of carbonyl (C=O) groups is 2. The Balaban J connectivity index is 1.48. The number of hydrogen-bond donors (Lipinski definition) is 1. The molecule has 2 amide bonds. The van der Waals surface area contributed by atoms with Gasteiger partial charge in [-0.2, -0.15) is 0 Å². The first-order chi connectivity index (χ1) is 12.6. The van der Waals surface area contributed by atoms with Crippen LogP contribution in [0.25, 0.3) is 0 Å². The van der Waals surface area contributed by atoms with Crippen LogP contribution in [-0.2, 0) is 16.1 Å². The maximum Gasteiger partial charge on any atom is 0.250 e. The predicted molar refractivity (Wildman–Crippen MR) is 95.2 cm³/mol. The highest BCUT2D eigenvalue weighted by molar-refractivity contribution is 6.07. The molecule has 2 aromatic rings. The van der Waals surface area contributed by atoms with Gasteiger partial charge in [0.05, 0.1) is 5.69 Å². The van der Waals surface area contributed by atoms with Crippen LogP contribution in [0.5, 0.6) is 0 Å². The molecule has 1 aromatic carbocycles. The second kappa shape index (κ2) is 6.74. The Morgan fingerprint density at radius 2 is 2.08 bits per heavy atom. The van der Waals surface area contributed by atoms with E-state index in [1.54, 1.807) is 24.4 Å². The summed E-state index contributed by atoms with van der Waals surface area (Å²) < 4.78 is 12.9. The number of amides is 2. The van der Waals surface area contributed by atoms with E-state index in [1.165, 1.54) is 17.0 Å². The number of anilines is 2. The van der Waals surface area contributed by atoms with E-state index in [1.807, 2.05) is 11.0 Å². The van der Waals surface area contributed by atoms with Crippen molar-refractivity contribution < 1.29 is 14.0 Å². The number of nitrogens with one attached hydrogen (secondary N) is 1. The van der Waals surface area contributed by atoms with E-state index >= 15 is 0 Å². The molecular weight excluding hydrogens is 335 g/mol. The van der Waals surface area contributed by atoms with E-state index < -0.39 is 0 Å². The minimum absolute atomic E-state index is 0.0525. The number of nitrogens with zero attached hydrogens (tertiary/aromatic N) is 3. The lowest BCUT2D eigenvalue weighted by molar-refractivity contribution is -0.124. The molecule has 2 aliphatic heterocycles. The number of carbonyl (C=O) groups excluding carboxylic acids is 2. The van der Waals surface area contributed by atoms with Gasteiger partial charge in [-0.25, -0.2) is 9.37 Å². The third kappa shape index (κ3) is 3.00. The molecule has 7 heteroatoms. The van der Waals surface area contributed by atoms with Gasteiger partial charge in [0.2, 0.25) is 11.8 Å². The Hall–Kier alpha value is -2.96. The normalized spacial score (nSPS) is 18.5. The molecule has 0 aliphatic carbocycles. The van der Waals surface area contributed by atoms with Gasteiger partial charge >= 0.3 is 0 Å². The smallest absolute Gasteiger partial charge is 0.250 e. The van der Waals surface area contributed by atoms with Crippen LogP contribution in [0.1, 0.15) is 18.4 Å². The molecule has 6 nitrogen and oxygen atoms in total. The van der Waals surface area contributed by atoms with Gasteiger partial charge in [0.1, 0.15) is 18.4 Å². The van der Waals surface area contributed by atoms with Gasteiger partial charge < -0.3 is 10.2 Å². The maximum atomic E-state index is 12.9. The SMILES string of the molecule is O=C(CN1C(=O)[C@H]2CCCN2c2ncccc21)NCc1ccc(F)cc1. The van der Waals surface area contributed by atoms with Gasteiger partial charge in [0, 0.05) is 19.3 Å². The van der Waals surface area contributed by atoms with Crippen LogP contribution < -0.4 is 15.1 Å². The van der Waals surface area contributed by atoms with Crippen LogP contribution >= 0.6 is 0 Å². The lowest BCUT2D eigenvalue weighted by atomic mass is 10.1. The number of hydrogen-bond acceptors (Lipinski definition) is 4. The molecule has 1 atom stereocenters. The van der Waals surface area contributed by atoms with E-state index in [2.05, 4.69) is 10.3 Å². The molecule has 0 radical (unpaired) electrons. The fraction of sp³-hybridized carbons (Fsp3) is 0.316. The number of aromatic nitrogens is 1. The van der Waals surface area contributed by atoms with Crippen molar-refractivity contribution in [3.05, 3.63) is 54.0 Å². The first-order valence-electron chi connectivity index (χ1n) is 8.67. The third-order valence-corrected chi connectivity index (χ3v) is 4.84. The van der Waals surface area contributed by atoms with Crippen LogP contribution in [0.4, 0.5) is 15.9 Å². The van der Waals surface area contributed by atoms with E-state index in [9.17, 15) is 14.0 Å². The average Bonchev–Trinajstić information content (AvgIpc) is 3.15. The summed E-state index contributed by atoms with van der Waals surface area (Å²) in [6.45, 7) is 1.05. The highest BCUT2D eigenvalue weighted by Crippen LogP contribution is 2.37. The van der Waals surface area contributed by atoms with E-state index in [-0.39, 0.29) is 36.8 Å². The maximum absolute atomic E-state index is 12.9. The molecule has 1 N–H and O–H groups in total. The van der Waals surface area contributed by atoms with Crippen molar-refractivity contribution in [3.8, 4) is 0 Å². The molecule has 1 fully saturated rings. The molecule has 0 spiro atoms. The number of halogens is 1. The largest absolute Gasteiger partial charge is 0.350 e. The second-order valence-electron chi connectivity index (χ2n) is 6.53. The minimum Gasteiger partial charge on any atom is -0.350 e. The van der Waals surface area contributed by atoms with Gasteiger partial charge in [0.15, 0.2) is 5.82 Å². The zero-order valence-corrected chi connectivity index (χ0v) is 14.2. The predicted octanol–water partition coefficient (Wildman–Crippen LogP) is 1.85. The lowest BCUT2D eigenvalue weighted by Gasteiger charge is -2.38. The minimum atomic E-state index is -0.316. The van der Waals surface area contributed by atoms with Gasteiger partial charge in [-0.15, -0.1) is 0 Å². The Kier molecular flexibility index (Phi) is 4.28. The van der Waals surface area contributed by atoms with Gasteiger partial charge in [-0.3, -0.25) is 14.5 Å². The van der Waals surface area contributed by atoms with Crippen LogP contribution in [0.15, 0.2) is 42.6 Å². The number of rotatable bonds is 4. The Bertz CT molecular complexity index is 840. The summed E-state index contributed by atoms with van der Waals surface area (Å²) in [7, 11) is 0. The molecule has 1 aromatic heterocycles. The molecule has 3 heterocycles. The first kappa shape index (κ1) is 16.5. The average molecular weight is 354 g/mol. The van der Waals surface area contributed by atoms with E-state index in [0.29, 0.717) is 5.69 Å². The Morgan fingerprint density at radius 3 is 2.88 bits per heavy atom. The van der Waals surface area contributed by atoms with E-state index in [4.69, 9.17) is 0 Å². The third-order valence-electron chi connectivity index (χ3n) is 4.84. The summed E-state index contributed by atoms with van der Waals surface area (Å²) in [5.74, 6) is 0.133. The summed E-state index contributed by atoms with van der Waals surface area (Å²) in [6.07, 6.45) is 3.43. The van der Waals surface area contributed by atoms with E-state index in [0.717, 1.165) is 30.8 Å². The summed E-state index contributed by atoms with van der Waals surface area (Å²) in [5.41, 5.74) is 1.47. The zero-order valence-electron chi connectivity index (χ0n) is 14.2. The summed E-state index contributed by atoms with van der Waals surface area (Å²) in [6, 6.07) is 9.31. The highest BCUT2D eigenvalue weighted by atomic mass is 19.1. The van der Waals surface area contributed by atoms with Crippen molar-refractivity contribution in [3.63, 3.8) is 0 Å². The van der Waals surface area contributed by atoms with Gasteiger partial charge in [0.25, 0.3) is 0 Å². The monoisotopic (exact) mass is 354 g/mol. The summed E-state index contributed by atoms with van der Waals surface area (Å²) in [4.78, 5) is 33.2. The van der Waals surface area contributed by atoms with Gasteiger partial charge in [-0.05, 0) is 42.7 Å². The standard InChI is InChI=1S/C19H19FN4O2/c20-14-7-5-13(6-8-14)11-22-17(25)12-24-15-3-1-9-21-18(15)23-10-2-4-16(23)19(24)26/h1,3,5-9,16H,2,4,10-12H2,(H,22,25)/t16-/m1/s1. The summed E-state index contributed by atoms with van der Waals surface area (Å²) >= 11 is 0.